The van der Waals surface area contributed by atoms with Gasteiger partial charge in [-0.1, -0.05) is 5.92 Å². The van der Waals surface area contributed by atoms with Crippen molar-refractivity contribution in [1.82, 2.24) is 34.6 Å². The summed E-state index contributed by atoms with van der Waals surface area (Å²) in [5.74, 6) is 3.19. The largest absolute Gasteiger partial charge is 0.317 e. The molecule has 1 atom stereocenters. The number of hydrogen-bond acceptors (Lipinski definition) is 6. The third-order valence-electron chi connectivity index (χ3n) is 3.80. The predicted octanol–water partition coefficient (Wildman–Crippen LogP) is 1.60. The van der Waals surface area contributed by atoms with E-state index in [4.69, 9.17) is 6.42 Å². The lowest BCUT2D eigenvalue weighted by atomic mass is 10.1. The van der Waals surface area contributed by atoms with Gasteiger partial charge in [-0.3, -0.25) is 9.78 Å². The van der Waals surface area contributed by atoms with Crippen LogP contribution < -0.4 is 0 Å². The molecule has 0 saturated carbocycles. The number of carbonyl (C=O) groups excluding carboxylic acids is 1. The van der Waals surface area contributed by atoms with E-state index in [-0.39, 0.29) is 12.5 Å². The maximum Gasteiger partial charge on any atom is 0.256 e. The average Bonchev–Trinajstić information content (AvgIpc) is 3.15. The number of nitrogens with zero attached hydrogens (tertiary/aromatic N) is 7. The average molecular weight is 347 g/mol. The van der Waals surface area contributed by atoms with Crippen molar-refractivity contribution in [2.75, 3.05) is 6.54 Å². The number of aromatic nitrogens is 6. The second kappa shape index (κ2) is 7.53. The summed E-state index contributed by atoms with van der Waals surface area (Å²) in [6.45, 7) is 3.83. The van der Waals surface area contributed by atoms with Gasteiger partial charge in [-0.15, -0.1) is 6.42 Å². The van der Waals surface area contributed by atoms with Gasteiger partial charge in [-0.2, -0.15) is 9.78 Å². The molecule has 0 aromatic carbocycles. The third kappa shape index (κ3) is 3.42. The Morgan fingerprint density at radius 1 is 1.31 bits per heavy atom. The highest BCUT2D eigenvalue weighted by Crippen LogP contribution is 2.21. The number of pyridine rings is 1. The first-order valence-electron chi connectivity index (χ1n) is 7.95. The second-order valence-corrected chi connectivity index (χ2v) is 5.64. The Balaban J connectivity index is 1.96. The first kappa shape index (κ1) is 17.2. The first-order chi connectivity index (χ1) is 12.6. The van der Waals surface area contributed by atoms with Gasteiger partial charge in [0.25, 0.3) is 11.9 Å². The molecule has 3 heterocycles. The van der Waals surface area contributed by atoms with Crippen LogP contribution in [0.15, 0.2) is 43.2 Å². The molecule has 1 amide bonds. The Labute approximate surface area is 151 Å². The van der Waals surface area contributed by atoms with Gasteiger partial charge in [0.05, 0.1) is 18.2 Å². The van der Waals surface area contributed by atoms with E-state index in [1.165, 1.54) is 17.2 Å². The molecule has 3 rings (SSSR count). The van der Waals surface area contributed by atoms with E-state index in [0.717, 1.165) is 5.56 Å². The molecule has 26 heavy (non-hydrogen) atoms. The molecule has 0 aliphatic heterocycles. The van der Waals surface area contributed by atoms with Gasteiger partial charge in [0.15, 0.2) is 5.82 Å². The van der Waals surface area contributed by atoms with Crippen molar-refractivity contribution in [2.45, 2.75) is 19.9 Å². The molecule has 3 aromatic rings. The summed E-state index contributed by atoms with van der Waals surface area (Å²) in [6, 6.07) is 3.05. The van der Waals surface area contributed by atoms with E-state index in [9.17, 15) is 4.79 Å². The minimum Gasteiger partial charge on any atom is -0.317 e. The van der Waals surface area contributed by atoms with Crippen molar-refractivity contribution in [1.29, 1.82) is 0 Å². The maximum atomic E-state index is 13.0. The van der Waals surface area contributed by atoms with E-state index >= 15 is 0 Å². The minimum atomic E-state index is -0.439. The second-order valence-electron chi connectivity index (χ2n) is 5.64. The van der Waals surface area contributed by atoms with Gasteiger partial charge in [-0.05, 0) is 31.5 Å². The Morgan fingerprint density at radius 3 is 2.77 bits per heavy atom. The van der Waals surface area contributed by atoms with Gasteiger partial charge in [0.2, 0.25) is 0 Å². The monoisotopic (exact) mass is 347 g/mol. The Hall–Kier alpha value is -3.60. The van der Waals surface area contributed by atoms with Crippen LogP contribution >= 0.6 is 0 Å². The lowest BCUT2D eigenvalue weighted by Crippen LogP contribution is -2.35. The molecular weight excluding hydrogens is 330 g/mol. The van der Waals surface area contributed by atoms with Crippen LogP contribution in [0.2, 0.25) is 0 Å². The predicted molar refractivity (Wildman–Crippen MR) is 94.2 cm³/mol. The highest BCUT2D eigenvalue weighted by molar-refractivity contribution is 5.94. The summed E-state index contributed by atoms with van der Waals surface area (Å²) in [4.78, 5) is 31.2. The normalized spacial score (nSPS) is 11.6. The Morgan fingerprint density at radius 2 is 2.08 bits per heavy atom. The van der Waals surface area contributed by atoms with E-state index < -0.39 is 6.04 Å². The fourth-order valence-corrected chi connectivity index (χ4v) is 2.55. The number of amides is 1. The molecule has 0 spiro atoms. The van der Waals surface area contributed by atoms with E-state index in [1.807, 2.05) is 13.8 Å². The molecule has 0 unspecified atom stereocenters. The number of rotatable bonds is 5. The molecule has 0 aliphatic carbocycles. The smallest absolute Gasteiger partial charge is 0.256 e. The van der Waals surface area contributed by atoms with Crippen molar-refractivity contribution >= 4 is 5.91 Å². The quantitative estimate of drug-likeness (QED) is 0.651. The summed E-state index contributed by atoms with van der Waals surface area (Å²) in [6.07, 6.45) is 13.3. The summed E-state index contributed by atoms with van der Waals surface area (Å²) in [7, 11) is 0. The summed E-state index contributed by atoms with van der Waals surface area (Å²) >= 11 is 0. The Bertz CT molecular complexity index is 945. The summed E-state index contributed by atoms with van der Waals surface area (Å²) in [5.41, 5.74) is 1.36. The number of terminal acetylenes is 1. The SMILES string of the molecule is C#CCN(C(=O)c1cncc(C)c1)[C@@H](C)c1ncnn1-c1ncccn1. The molecule has 130 valence electrons. The molecule has 0 fully saturated rings. The fourth-order valence-electron chi connectivity index (χ4n) is 2.55. The lowest BCUT2D eigenvalue weighted by molar-refractivity contribution is 0.0709. The van der Waals surface area contributed by atoms with Crippen LogP contribution in [0.1, 0.15) is 34.7 Å². The van der Waals surface area contributed by atoms with Crippen LogP contribution in [0, 0.1) is 19.3 Å². The number of aryl methyl sites for hydroxylation is 1. The number of hydrogen-bond donors (Lipinski definition) is 0. The fraction of sp³-hybridized carbons (Fsp3) is 0.222. The topological polar surface area (TPSA) is 89.7 Å². The molecule has 0 bridgehead atoms. The highest BCUT2D eigenvalue weighted by Gasteiger charge is 2.27. The number of carbonyl (C=O) groups is 1. The van der Waals surface area contributed by atoms with Crippen molar-refractivity contribution in [3.05, 3.63) is 60.2 Å². The Kier molecular flexibility index (Phi) is 4.99. The van der Waals surface area contributed by atoms with Crippen LogP contribution in [0.5, 0.6) is 0 Å². The molecule has 0 saturated heterocycles. The van der Waals surface area contributed by atoms with E-state index in [2.05, 4.69) is 31.0 Å². The summed E-state index contributed by atoms with van der Waals surface area (Å²) < 4.78 is 1.50. The molecule has 0 aliphatic rings. The molecule has 8 nitrogen and oxygen atoms in total. The highest BCUT2D eigenvalue weighted by atomic mass is 16.2. The zero-order valence-electron chi connectivity index (χ0n) is 14.4. The van der Waals surface area contributed by atoms with Crippen molar-refractivity contribution in [3.63, 3.8) is 0 Å². The van der Waals surface area contributed by atoms with Crippen molar-refractivity contribution in [3.8, 4) is 18.3 Å². The van der Waals surface area contributed by atoms with E-state index in [1.54, 1.807) is 35.6 Å². The zero-order chi connectivity index (χ0) is 18.5. The van der Waals surface area contributed by atoms with Gasteiger partial charge in [0.1, 0.15) is 6.33 Å². The molecular formula is C18H17N7O. The molecule has 0 radical (unpaired) electrons. The lowest BCUT2D eigenvalue weighted by Gasteiger charge is -2.26. The third-order valence-corrected chi connectivity index (χ3v) is 3.80. The molecule has 8 heteroatoms. The van der Waals surface area contributed by atoms with Gasteiger partial charge in [0, 0.05) is 24.8 Å². The van der Waals surface area contributed by atoms with Crippen LogP contribution in [-0.4, -0.2) is 47.1 Å². The van der Waals surface area contributed by atoms with Crippen molar-refractivity contribution < 1.29 is 4.79 Å². The van der Waals surface area contributed by atoms with Gasteiger partial charge in [-0.25, -0.2) is 15.0 Å². The van der Waals surface area contributed by atoms with Crippen molar-refractivity contribution in [2.24, 2.45) is 0 Å². The van der Waals surface area contributed by atoms with Crippen LogP contribution in [0.3, 0.4) is 0 Å². The van der Waals surface area contributed by atoms with Gasteiger partial charge < -0.3 is 4.90 Å². The van der Waals surface area contributed by atoms with Crippen LogP contribution in [0.25, 0.3) is 5.95 Å². The minimum absolute atomic E-state index is 0.121. The molecule has 0 N–H and O–H groups in total. The van der Waals surface area contributed by atoms with Gasteiger partial charge >= 0.3 is 0 Å². The maximum absolute atomic E-state index is 13.0. The molecule has 3 aromatic heterocycles. The van der Waals surface area contributed by atoms with Crippen LogP contribution in [-0.2, 0) is 0 Å². The zero-order valence-corrected chi connectivity index (χ0v) is 14.4. The standard InChI is InChI=1S/C18H17N7O/c1-4-8-24(17(26)15-9-13(2)10-19-11-15)14(3)16-22-12-23-25(16)18-20-6-5-7-21-18/h1,5-7,9-12,14H,8H2,2-3H3/t14-/m0/s1. The first-order valence-corrected chi connectivity index (χ1v) is 7.95. The summed E-state index contributed by atoms with van der Waals surface area (Å²) in [5, 5.41) is 4.17. The van der Waals surface area contributed by atoms with E-state index in [0.29, 0.717) is 17.3 Å². The van der Waals surface area contributed by atoms with Crippen LogP contribution in [0.4, 0.5) is 0 Å².